The Hall–Kier alpha value is -3.33. The van der Waals surface area contributed by atoms with E-state index in [1.165, 1.54) is 31.4 Å². The average Bonchev–Trinajstić information content (AvgIpc) is 2.97. The maximum Gasteiger partial charge on any atom is 0.294 e. The summed E-state index contributed by atoms with van der Waals surface area (Å²) in [4.78, 5) is 38.1. The zero-order valence-electron chi connectivity index (χ0n) is 16.3. The van der Waals surface area contributed by atoms with Gasteiger partial charge in [0.15, 0.2) is 11.5 Å². The van der Waals surface area contributed by atoms with E-state index in [9.17, 15) is 18.8 Å². The van der Waals surface area contributed by atoms with Gasteiger partial charge in [0.25, 0.3) is 11.1 Å². The molecule has 3 rings (SSSR count). The largest absolute Gasteiger partial charge is 0.493 e. The van der Waals surface area contributed by atoms with Gasteiger partial charge < -0.3 is 14.8 Å². The highest BCUT2D eigenvalue weighted by atomic mass is 32.2. The van der Waals surface area contributed by atoms with Crippen molar-refractivity contribution in [3.05, 3.63) is 58.8 Å². The minimum absolute atomic E-state index is 0.196. The summed E-state index contributed by atoms with van der Waals surface area (Å²) >= 11 is 0.753. The number of methoxy groups -OCH3 is 1. The number of amides is 3. The van der Waals surface area contributed by atoms with Gasteiger partial charge >= 0.3 is 0 Å². The molecular weight excluding hydrogens is 411 g/mol. The van der Waals surface area contributed by atoms with E-state index in [1.807, 2.05) is 6.92 Å². The van der Waals surface area contributed by atoms with E-state index in [2.05, 4.69) is 5.32 Å². The number of carbonyl (C=O) groups is 3. The van der Waals surface area contributed by atoms with Crippen LogP contribution in [0.3, 0.4) is 0 Å². The molecule has 0 atom stereocenters. The first-order valence-corrected chi connectivity index (χ1v) is 9.84. The van der Waals surface area contributed by atoms with E-state index in [4.69, 9.17) is 9.47 Å². The topological polar surface area (TPSA) is 84.9 Å². The second kappa shape index (κ2) is 9.45. The summed E-state index contributed by atoms with van der Waals surface area (Å²) < 4.78 is 23.7. The second-order valence-electron chi connectivity index (χ2n) is 6.17. The first-order valence-electron chi connectivity index (χ1n) is 9.03. The molecule has 2 aromatic carbocycles. The van der Waals surface area contributed by atoms with Gasteiger partial charge in [0.2, 0.25) is 5.91 Å². The number of ether oxygens (including phenoxy) is 2. The number of rotatable bonds is 7. The molecule has 156 valence electrons. The van der Waals surface area contributed by atoms with Gasteiger partial charge in [-0.3, -0.25) is 19.3 Å². The van der Waals surface area contributed by atoms with Crippen molar-refractivity contribution in [2.45, 2.75) is 6.92 Å². The fourth-order valence-corrected chi connectivity index (χ4v) is 3.55. The summed E-state index contributed by atoms with van der Waals surface area (Å²) in [6, 6.07) is 10.3. The van der Waals surface area contributed by atoms with Gasteiger partial charge in [-0.25, -0.2) is 4.39 Å². The average molecular weight is 430 g/mol. The third kappa shape index (κ3) is 4.98. The maximum atomic E-state index is 13.0. The molecule has 1 aliphatic heterocycles. The molecular formula is C21H19FN2O5S. The minimum atomic E-state index is -0.562. The van der Waals surface area contributed by atoms with Gasteiger partial charge in [0.1, 0.15) is 12.4 Å². The van der Waals surface area contributed by atoms with Crippen LogP contribution in [0, 0.1) is 5.82 Å². The van der Waals surface area contributed by atoms with Crippen LogP contribution in [0.4, 0.5) is 14.9 Å². The number of halogens is 1. The summed E-state index contributed by atoms with van der Waals surface area (Å²) in [5, 5.41) is 1.98. The molecule has 7 nitrogen and oxygen atoms in total. The van der Waals surface area contributed by atoms with Crippen LogP contribution in [0.1, 0.15) is 12.5 Å². The monoisotopic (exact) mass is 430 g/mol. The number of thioether (sulfide) groups is 1. The summed E-state index contributed by atoms with van der Waals surface area (Å²) in [7, 11) is 1.53. The van der Waals surface area contributed by atoms with Crippen molar-refractivity contribution in [3.8, 4) is 11.5 Å². The normalized spacial score (nSPS) is 14.9. The van der Waals surface area contributed by atoms with Crippen molar-refractivity contribution in [2.75, 3.05) is 25.6 Å². The van der Waals surface area contributed by atoms with Crippen LogP contribution in [-0.4, -0.2) is 42.2 Å². The maximum absolute atomic E-state index is 13.0. The molecule has 2 aromatic rings. The first-order chi connectivity index (χ1) is 14.4. The van der Waals surface area contributed by atoms with Crippen molar-refractivity contribution in [1.82, 2.24) is 4.90 Å². The van der Waals surface area contributed by atoms with Crippen molar-refractivity contribution < 1.29 is 28.2 Å². The molecule has 1 heterocycles. The quantitative estimate of drug-likeness (QED) is 0.671. The van der Waals surface area contributed by atoms with E-state index < -0.39 is 29.4 Å². The van der Waals surface area contributed by atoms with Gasteiger partial charge in [-0.1, -0.05) is 6.07 Å². The first kappa shape index (κ1) is 21.4. The smallest absolute Gasteiger partial charge is 0.294 e. The van der Waals surface area contributed by atoms with Gasteiger partial charge in [-0.05, 0) is 66.7 Å². The standard InChI is InChI=1S/C21H19FN2O5S/c1-3-29-17-10-13(4-9-16(17)28-2)11-18-20(26)24(21(27)30-18)12-19(25)23-15-7-5-14(22)6-8-15/h4-11H,3,12H2,1-2H3,(H,23,25)/b18-11-. The Bertz CT molecular complexity index is 1010. The van der Waals surface area contributed by atoms with E-state index in [-0.39, 0.29) is 4.91 Å². The summed E-state index contributed by atoms with van der Waals surface area (Å²) in [6.07, 6.45) is 1.56. The SMILES string of the molecule is CCOc1cc(/C=C2\SC(=O)N(CC(=O)Nc3ccc(F)cc3)C2=O)ccc1OC. The summed E-state index contributed by atoms with van der Waals surface area (Å²) in [6.45, 7) is 1.85. The highest BCUT2D eigenvalue weighted by molar-refractivity contribution is 8.18. The van der Waals surface area contributed by atoms with Crippen LogP contribution in [0.5, 0.6) is 11.5 Å². The Kier molecular flexibility index (Phi) is 6.73. The van der Waals surface area contributed by atoms with Crippen LogP contribution in [0.25, 0.3) is 6.08 Å². The Morgan fingerprint density at radius 2 is 1.90 bits per heavy atom. The van der Waals surface area contributed by atoms with Crippen LogP contribution in [-0.2, 0) is 9.59 Å². The van der Waals surface area contributed by atoms with E-state index in [0.717, 1.165) is 16.7 Å². The van der Waals surface area contributed by atoms with Crippen LogP contribution in [0.2, 0.25) is 0 Å². The van der Waals surface area contributed by atoms with E-state index >= 15 is 0 Å². The van der Waals surface area contributed by atoms with Gasteiger partial charge in [0, 0.05) is 5.69 Å². The number of hydrogen-bond donors (Lipinski definition) is 1. The lowest BCUT2D eigenvalue weighted by Gasteiger charge is -2.12. The zero-order chi connectivity index (χ0) is 21.7. The third-order valence-electron chi connectivity index (χ3n) is 4.09. The molecule has 0 bridgehead atoms. The van der Waals surface area contributed by atoms with Crippen molar-refractivity contribution in [2.24, 2.45) is 0 Å². The molecule has 0 spiro atoms. The zero-order valence-corrected chi connectivity index (χ0v) is 17.1. The molecule has 30 heavy (non-hydrogen) atoms. The Balaban J connectivity index is 1.71. The fraction of sp³-hybridized carbons (Fsp3) is 0.190. The van der Waals surface area contributed by atoms with Crippen molar-refractivity contribution >= 4 is 40.6 Å². The van der Waals surface area contributed by atoms with Gasteiger partial charge in [0.05, 0.1) is 18.6 Å². The highest BCUT2D eigenvalue weighted by Crippen LogP contribution is 2.34. The predicted octanol–water partition coefficient (Wildman–Crippen LogP) is 3.91. The van der Waals surface area contributed by atoms with Crippen molar-refractivity contribution in [1.29, 1.82) is 0 Å². The number of benzene rings is 2. The number of anilines is 1. The van der Waals surface area contributed by atoms with E-state index in [0.29, 0.717) is 29.4 Å². The van der Waals surface area contributed by atoms with Crippen LogP contribution in [0.15, 0.2) is 47.4 Å². The van der Waals surface area contributed by atoms with Crippen LogP contribution >= 0.6 is 11.8 Å². The van der Waals surface area contributed by atoms with Gasteiger partial charge in [-0.15, -0.1) is 0 Å². The lowest BCUT2D eigenvalue weighted by Crippen LogP contribution is -2.36. The predicted molar refractivity (Wildman–Crippen MR) is 112 cm³/mol. The highest BCUT2D eigenvalue weighted by Gasteiger charge is 2.36. The van der Waals surface area contributed by atoms with E-state index in [1.54, 1.807) is 24.3 Å². The molecule has 0 aromatic heterocycles. The third-order valence-corrected chi connectivity index (χ3v) is 5.00. The lowest BCUT2D eigenvalue weighted by atomic mass is 10.2. The molecule has 3 amide bonds. The second-order valence-corrected chi connectivity index (χ2v) is 7.16. The molecule has 1 fully saturated rings. The molecule has 1 aliphatic rings. The van der Waals surface area contributed by atoms with Gasteiger partial charge in [-0.2, -0.15) is 0 Å². The molecule has 0 unspecified atom stereocenters. The summed E-state index contributed by atoms with van der Waals surface area (Å²) in [5.74, 6) is -0.484. The molecule has 1 N–H and O–H groups in total. The number of imide groups is 1. The molecule has 1 saturated heterocycles. The Labute approximate surface area is 176 Å². The Morgan fingerprint density at radius 1 is 1.17 bits per heavy atom. The molecule has 0 aliphatic carbocycles. The lowest BCUT2D eigenvalue weighted by molar-refractivity contribution is -0.127. The number of nitrogens with one attached hydrogen (secondary N) is 1. The Morgan fingerprint density at radius 3 is 2.57 bits per heavy atom. The molecule has 9 heteroatoms. The fourth-order valence-electron chi connectivity index (χ4n) is 2.72. The molecule has 0 saturated carbocycles. The number of carbonyl (C=O) groups excluding carboxylic acids is 3. The van der Waals surface area contributed by atoms with Crippen molar-refractivity contribution in [3.63, 3.8) is 0 Å². The van der Waals surface area contributed by atoms with Crippen LogP contribution < -0.4 is 14.8 Å². The summed E-state index contributed by atoms with van der Waals surface area (Å²) in [5.41, 5.74) is 1.02. The molecule has 0 radical (unpaired) electrons. The number of nitrogens with zero attached hydrogens (tertiary/aromatic N) is 1. The minimum Gasteiger partial charge on any atom is -0.493 e. The number of hydrogen-bond acceptors (Lipinski definition) is 6.